The number of nitrogens with one attached hydrogen (secondary N) is 1. The van der Waals surface area contributed by atoms with E-state index in [0.717, 1.165) is 38.5 Å². The Kier molecular flexibility index (Phi) is 27.9. The van der Waals surface area contributed by atoms with Gasteiger partial charge in [0.25, 0.3) is 5.56 Å². The molecule has 0 amide bonds. The van der Waals surface area contributed by atoms with Gasteiger partial charge in [0.2, 0.25) is 0 Å². The standard InChI is InChI=1S/C42H79N2O8P/c1-4-6-8-10-12-14-16-18-20-22-24-26-28-30-32-49-53(48,50-33-31-29-27-25-23-21-19-17-15-13-11-9-7-5-2)51-36-39-38(45)34-40(52-39)44-35-37(3)41(46)43-42(44)47/h35,38-40,45H,4-34,36H2,1-3H3,(H,43,46,47)/t38-,39+,40+/m0/s1. The van der Waals surface area contributed by atoms with Crippen LogP contribution >= 0.6 is 7.82 Å². The van der Waals surface area contributed by atoms with Crippen molar-refractivity contribution in [3.05, 3.63) is 32.6 Å². The number of H-pyrrole nitrogens is 1. The zero-order valence-corrected chi connectivity index (χ0v) is 35.0. The summed E-state index contributed by atoms with van der Waals surface area (Å²) in [6.07, 6.45) is 34.0. The smallest absolute Gasteiger partial charge is 0.390 e. The van der Waals surface area contributed by atoms with Gasteiger partial charge in [0, 0.05) is 18.2 Å². The van der Waals surface area contributed by atoms with Gasteiger partial charge in [0.1, 0.15) is 12.3 Å². The molecule has 1 aromatic heterocycles. The SMILES string of the molecule is CCCCCCCCCCCCCCCCOP(=O)(OCCCCCCCCCCCCCCCC)OC[C@H]1O[C@@H](n2cc(C)c(=O)[nH]c2=O)C[C@@H]1O. The number of unbranched alkanes of at least 4 members (excludes halogenated alkanes) is 26. The molecule has 0 radical (unpaired) electrons. The highest BCUT2D eigenvalue weighted by Crippen LogP contribution is 2.50. The van der Waals surface area contributed by atoms with Crippen LogP contribution in [0.3, 0.4) is 0 Å². The fourth-order valence-corrected chi connectivity index (χ4v) is 8.32. The Morgan fingerprint density at radius 1 is 0.660 bits per heavy atom. The Labute approximate surface area is 322 Å². The summed E-state index contributed by atoms with van der Waals surface area (Å²) in [5.74, 6) is 0. The molecule has 11 heteroatoms. The fraction of sp³-hybridized carbons (Fsp3) is 0.905. The molecule has 0 unspecified atom stereocenters. The predicted molar refractivity (Wildman–Crippen MR) is 217 cm³/mol. The quantitative estimate of drug-likeness (QED) is 0.0510. The van der Waals surface area contributed by atoms with Crippen LogP contribution in [-0.4, -0.2) is 46.7 Å². The first kappa shape index (κ1) is 47.9. The first-order valence-corrected chi connectivity index (χ1v) is 23.4. The predicted octanol–water partition coefficient (Wildman–Crippen LogP) is 11.6. The maximum absolute atomic E-state index is 13.7. The van der Waals surface area contributed by atoms with Gasteiger partial charge in [-0.15, -0.1) is 0 Å². The number of phosphoric ester groups is 1. The van der Waals surface area contributed by atoms with Crippen molar-refractivity contribution in [2.24, 2.45) is 0 Å². The molecule has 0 saturated carbocycles. The number of hydrogen-bond donors (Lipinski definition) is 2. The lowest BCUT2D eigenvalue weighted by Crippen LogP contribution is -2.33. The van der Waals surface area contributed by atoms with Crippen LogP contribution < -0.4 is 11.2 Å². The Hall–Kier alpha value is -1.29. The first-order chi connectivity index (χ1) is 25.8. The van der Waals surface area contributed by atoms with E-state index in [2.05, 4.69) is 18.8 Å². The van der Waals surface area contributed by atoms with Gasteiger partial charge >= 0.3 is 13.5 Å². The second kappa shape index (κ2) is 30.9. The second-order valence-corrected chi connectivity index (χ2v) is 17.2. The topological polar surface area (TPSA) is 129 Å². The highest BCUT2D eigenvalue weighted by Gasteiger charge is 2.38. The molecule has 1 fully saturated rings. The van der Waals surface area contributed by atoms with Crippen LogP contribution in [0, 0.1) is 6.92 Å². The number of nitrogens with zero attached hydrogens (tertiary/aromatic N) is 1. The Morgan fingerprint density at radius 2 is 1.04 bits per heavy atom. The van der Waals surface area contributed by atoms with Gasteiger partial charge in [-0.2, -0.15) is 0 Å². The number of aliphatic hydroxyl groups is 1. The summed E-state index contributed by atoms with van der Waals surface area (Å²) in [6.45, 7) is 6.47. The van der Waals surface area contributed by atoms with Crippen molar-refractivity contribution < 1.29 is 28.0 Å². The largest absolute Gasteiger partial charge is 0.474 e. The van der Waals surface area contributed by atoms with Crippen molar-refractivity contribution in [1.82, 2.24) is 9.55 Å². The van der Waals surface area contributed by atoms with Gasteiger partial charge in [-0.1, -0.05) is 181 Å². The molecular weight excluding hydrogens is 691 g/mol. The summed E-state index contributed by atoms with van der Waals surface area (Å²) in [4.78, 5) is 26.5. The minimum absolute atomic E-state index is 0.128. The van der Waals surface area contributed by atoms with Crippen LogP contribution in [0.4, 0.5) is 0 Å². The molecule has 2 rings (SSSR count). The molecule has 1 aliphatic heterocycles. The van der Waals surface area contributed by atoms with E-state index < -0.39 is 37.5 Å². The number of aromatic amines is 1. The molecular formula is C42H79N2O8P. The number of aryl methyl sites for hydroxylation is 1. The van der Waals surface area contributed by atoms with Gasteiger partial charge in [0.05, 0.1) is 25.9 Å². The van der Waals surface area contributed by atoms with Crippen molar-refractivity contribution in [1.29, 1.82) is 0 Å². The summed E-state index contributed by atoms with van der Waals surface area (Å²) >= 11 is 0. The van der Waals surface area contributed by atoms with Crippen molar-refractivity contribution >= 4 is 7.82 Å². The van der Waals surface area contributed by atoms with E-state index in [-0.39, 0.29) is 26.2 Å². The van der Waals surface area contributed by atoms with E-state index in [9.17, 15) is 19.3 Å². The van der Waals surface area contributed by atoms with Gasteiger partial charge in [-0.3, -0.25) is 27.9 Å². The van der Waals surface area contributed by atoms with Crippen molar-refractivity contribution in [3.8, 4) is 0 Å². The fourth-order valence-electron chi connectivity index (χ4n) is 7.06. The van der Waals surface area contributed by atoms with Crippen molar-refractivity contribution in [2.75, 3.05) is 19.8 Å². The normalized spacial score (nSPS) is 17.6. The number of rotatable bonds is 36. The molecule has 0 aliphatic carbocycles. The third-order valence-electron chi connectivity index (χ3n) is 10.6. The zero-order chi connectivity index (χ0) is 38.4. The van der Waals surface area contributed by atoms with E-state index in [1.165, 1.54) is 152 Å². The van der Waals surface area contributed by atoms with Crippen LogP contribution in [-0.2, 0) is 22.9 Å². The van der Waals surface area contributed by atoms with Crippen LogP contribution in [0.2, 0.25) is 0 Å². The van der Waals surface area contributed by atoms with Crippen LogP contribution in [0.5, 0.6) is 0 Å². The Morgan fingerprint density at radius 3 is 1.43 bits per heavy atom. The third-order valence-corrected chi connectivity index (χ3v) is 12.0. The summed E-state index contributed by atoms with van der Waals surface area (Å²) in [7, 11) is -3.89. The Bertz CT molecular complexity index is 1150. The molecule has 3 atom stereocenters. The summed E-state index contributed by atoms with van der Waals surface area (Å²) in [5.41, 5.74) is -0.712. The summed E-state index contributed by atoms with van der Waals surface area (Å²) in [5, 5.41) is 10.7. The van der Waals surface area contributed by atoms with Gasteiger partial charge in [0.15, 0.2) is 0 Å². The molecule has 1 aromatic rings. The minimum Gasteiger partial charge on any atom is -0.390 e. The lowest BCUT2D eigenvalue weighted by atomic mass is 10.0. The van der Waals surface area contributed by atoms with Gasteiger partial charge < -0.3 is 9.84 Å². The summed E-state index contributed by atoms with van der Waals surface area (Å²) < 4.78 is 38.3. The molecule has 2 N–H and O–H groups in total. The maximum atomic E-state index is 13.7. The molecule has 0 aromatic carbocycles. The van der Waals surface area contributed by atoms with E-state index in [1.54, 1.807) is 6.92 Å². The van der Waals surface area contributed by atoms with Gasteiger partial charge in [-0.25, -0.2) is 9.36 Å². The number of phosphoric acid groups is 1. The van der Waals surface area contributed by atoms with Crippen molar-refractivity contribution in [2.45, 2.75) is 225 Å². The average Bonchev–Trinajstić information content (AvgIpc) is 3.52. The molecule has 2 heterocycles. The number of ether oxygens (including phenoxy) is 1. The van der Waals surface area contributed by atoms with E-state index >= 15 is 0 Å². The lowest BCUT2D eigenvalue weighted by Gasteiger charge is -2.21. The molecule has 310 valence electrons. The van der Waals surface area contributed by atoms with Crippen LogP contribution in [0.15, 0.2) is 15.8 Å². The average molecular weight is 771 g/mol. The lowest BCUT2D eigenvalue weighted by molar-refractivity contribution is -0.0483. The molecule has 1 aliphatic rings. The number of aromatic nitrogens is 2. The van der Waals surface area contributed by atoms with Gasteiger partial charge in [-0.05, 0) is 19.8 Å². The van der Waals surface area contributed by atoms with E-state index in [0.29, 0.717) is 5.56 Å². The molecule has 0 bridgehead atoms. The number of aliphatic hydroxyl groups excluding tert-OH is 1. The molecule has 1 saturated heterocycles. The summed E-state index contributed by atoms with van der Waals surface area (Å²) in [6, 6.07) is 0. The first-order valence-electron chi connectivity index (χ1n) is 22.0. The van der Waals surface area contributed by atoms with Crippen LogP contribution in [0.1, 0.15) is 212 Å². The van der Waals surface area contributed by atoms with Crippen molar-refractivity contribution in [3.63, 3.8) is 0 Å². The van der Waals surface area contributed by atoms with E-state index in [4.69, 9.17) is 18.3 Å². The van der Waals surface area contributed by atoms with E-state index in [1.807, 2.05) is 0 Å². The third kappa shape index (κ3) is 22.8. The van der Waals surface area contributed by atoms with Crippen LogP contribution in [0.25, 0.3) is 0 Å². The number of hydrogen-bond acceptors (Lipinski definition) is 8. The zero-order valence-electron chi connectivity index (χ0n) is 34.1. The highest BCUT2D eigenvalue weighted by atomic mass is 31.2. The molecule has 53 heavy (non-hydrogen) atoms. The molecule has 10 nitrogen and oxygen atoms in total. The minimum atomic E-state index is -3.89. The molecule has 0 spiro atoms. The highest BCUT2D eigenvalue weighted by molar-refractivity contribution is 7.48. The maximum Gasteiger partial charge on any atom is 0.474 e. The monoisotopic (exact) mass is 771 g/mol. The second-order valence-electron chi connectivity index (χ2n) is 15.5. The Balaban J connectivity index is 1.69.